The normalized spacial score (nSPS) is 20.2. The molecule has 1 unspecified atom stereocenters. The molecule has 100 valence electrons. The minimum atomic E-state index is 0.380. The summed E-state index contributed by atoms with van der Waals surface area (Å²) in [6, 6.07) is 2.41. The summed E-state index contributed by atoms with van der Waals surface area (Å²) in [6.07, 6.45) is 4.06. The van der Waals surface area contributed by atoms with Crippen LogP contribution in [0.1, 0.15) is 26.7 Å². The second kappa shape index (κ2) is 6.00. The molecule has 2 rings (SSSR count). The van der Waals surface area contributed by atoms with Crippen LogP contribution in [0, 0.1) is 5.92 Å². The first-order valence-corrected chi connectivity index (χ1v) is 6.72. The zero-order valence-electron chi connectivity index (χ0n) is 11.3. The Morgan fingerprint density at radius 2 is 2.33 bits per heavy atom. The molecule has 1 aromatic rings. The summed E-state index contributed by atoms with van der Waals surface area (Å²) < 4.78 is 0. The van der Waals surface area contributed by atoms with Crippen molar-refractivity contribution in [3.05, 3.63) is 12.4 Å². The minimum absolute atomic E-state index is 0.380. The Hall–Kier alpha value is -1.36. The van der Waals surface area contributed by atoms with Gasteiger partial charge in [-0.1, -0.05) is 0 Å². The summed E-state index contributed by atoms with van der Waals surface area (Å²) >= 11 is 0. The minimum Gasteiger partial charge on any atom is -0.368 e. The van der Waals surface area contributed by atoms with E-state index >= 15 is 0 Å². The predicted molar refractivity (Wildman–Crippen MR) is 74.8 cm³/mol. The molecule has 1 saturated heterocycles. The molecule has 5 heteroatoms. The lowest BCUT2D eigenvalue weighted by Crippen LogP contribution is -2.38. The number of rotatable bonds is 4. The summed E-state index contributed by atoms with van der Waals surface area (Å²) in [6.45, 7) is 7.04. The maximum absolute atomic E-state index is 5.77. The summed E-state index contributed by atoms with van der Waals surface area (Å²) in [4.78, 5) is 10.9. The van der Waals surface area contributed by atoms with Crippen LogP contribution in [0.5, 0.6) is 0 Å². The fourth-order valence-corrected chi connectivity index (χ4v) is 2.36. The Morgan fingerprint density at radius 3 is 3.06 bits per heavy atom. The number of nitrogens with two attached hydrogens (primary N) is 1. The van der Waals surface area contributed by atoms with Crippen LogP contribution in [0.25, 0.3) is 0 Å². The Kier molecular flexibility index (Phi) is 4.36. The van der Waals surface area contributed by atoms with Gasteiger partial charge in [-0.15, -0.1) is 0 Å². The van der Waals surface area contributed by atoms with Crippen molar-refractivity contribution < 1.29 is 0 Å². The molecule has 1 aliphatic heterocycles. The van der Waals surface area contributed by atoms with E-state index in [9.17, 15) is 0 Å². The lowest BCUT2D eigenvalue weighted by Gasteiger charge is -2.33. The number of nitrogens with zero attached hydrogens (tertiary/aromatic N) is 3. The zero-order valence-corrected chi connectivity index (χ0v) is 11.3. The zero-order chi connectivity index (χ0) is 13.0. The van der Waals surface area contributed by atoms with Crippen LogP contribution in [-0.4, -0.2) is 35.6 Å². The number of anilines is 2. The molecule has 1 fully saturated rings. The van der Waals surface area contributed by atoms with Gasteiger partial charge in [0.05, 0.1) is 0 Å². The van der Waals surface area contributed by atoms with E-state index in [2.05, 4.69) is 34.0 Å². The van der Waals surface area contributed by atoms with Gasteiger partial charge in [0.2, 0.25) is 0 Å². The number of aromatic nitrogens is 2. The molecule has 0 amide bonds. The SMILES string of the molecule is CC(C)Nc1cc(N2CCCC(CN)C2)ncn1. The van der Waals surface area contributed by atoms with Crippen LogP contribution in [0.15, 0.2) is 12.4 Å². The first kappa shape index (κ1) is 13.1. The van der Waals surface area contributed by atoms with Crippen LogP contribution < -0.4 is 16.0 Å². The monoisotopic (exact) mass is 249 g/mol. The van der Waals surface area contributed by atoms with Crippen molar-refractivity contribution in [3.63, 3.8) is 0 Å². The van der Waals surface area contributed by atoms with Gasteiger partial charge in [-0.3, -0.25) is 0 Å². The number of hydrogen-bond donors (Lipinski definition) is 2. The fraction of sp³-hybridized carbons (Fsp3) is 0.692. The third-order valence-corrected chi connectivity index (χ3v) is 3.27. The molecular weight excluding hydrogens is 226 g/mol. The van der Waals surface area contributed by atoms with Crippen LogP contribution in [0.3, 0.4) is 0 Å². The predicted octanol–water partition coefficient (Wildman–Crippen LogP) is 1.47. The van der Waals surface area contributed by atoms with Crippen molar-refractivity contribution >= 4 is 11.6 Å². The second-order valence-corrected chi connectivity index (χ2v) is 5.25. The smallest absolute Gasteiger partial charge is 0.134 e. The molecule has 0 radical (unpaired) electrons. The molecule has 1 aliphatic rings. The average molecular weight is 249 g/mol. The van der Waals surface area contributed by atoms with Gasteiger partial charge < -0.3 is 16.0 Å². The highest BCUT2D eigenvalue weighted by molar-refractivity contribution is 5.49. The van der Waals surface area contributed by atoms with E-state index < -0.39 is 0 Å². The molecule has 0 aromatic carbocycles. The lowest BCUT2D eigenvalue weighted by molar-refractivity contribution is 0.421. The van der Waals surface area contributed by atoms with Gasteiger partial charge in [-0.25, -0.2) is 9.97 Å². The maximum Gasteiger partial charge on any atom is 0.134 e. The van der Waals surface area contributed by atoms with Crippen LogP contribution >= 0.6 is 0 Å². The van der Waals surface area contributed by atoms with Gasteiger partial charge >= 0.3 is 0 Å². The standard InChI is InChI=1S/C13H23N5/c1-10(2)17-12-6-13(16-9-15-12)18-5-3-4-11(7-14)8-18/h6,9-11H,3-5,7-8,14H2,1-2H3,(H,15,16,17). The average Bonchev–Trinajstić information content (AvgIpc) is 2.38. The summed E-state index contributed by atoms with van der Waals surface area (Å²) in [5.74, 6) is 2.49. The van der Waals surface area contributed by atoms with Crippen molar-refractivity contribution in [2.45, 2.75) is 32.7 Å². The van der Waals surface area contributed by atoms with E-state index in [0.717, 1.165) is 31.3 Å². The summed E-state index contributed by atoms with van der Waals surface area (Å²) in [5, 5.41) is 3.31. The van der Waals surface area contributed by atoms with Gasteiger partial charge in [-0.2, -0.15) is 0 Å². The van der Waals surface area contributed by atoms with E-state index in [1.807, 2.05) is 6.07 Å². The summed E-state index contributed by atoms with van der Waals surface area (Å²) in [7, 11) is 0. The highest BCUT2D eigenvalue weighted by atomic mass is 15.2. The van der Waals surface area contributed by atoms with Gasteiger partial charge in [0.15, 0.2) is 0 Å². The number of nitrogens with one attached hydrogen (secondary N) is 1. The highest BCUT2D eigenvalue weighted by Gasteiger charge is 2.20. The number of hydrogen-bond acceptors (Lipinski definition) is 5. The Morgan fingerprint density at radius 1 is 1.50 bits per heavy atom. The first-order chi connectivity index (χ1) is 8.69. The molecule has 5 nitrogen and oxygen atoms in total. The Bertz CT molecular complexity index is 379. The van der Waals surface area contributed by atoms with Crippen LogP contribution in [0.2, 0.25) is 0 Å². The van der Waals surface area contributed by atoms with Crippen molar-refractivity contribution in [1.82, 2.24) is 9.97 Å². The van der Waals surface area contributed by atoms with E-state index in [1.165, 1.54) is 12.8 Å². The first-order valence-electron chi connectivity index (χ1n) is 6.72. The topological polar surface area (TPSA) is 67.1 Å². The van der Waals surface area contributed by atoms with E-state index in [-0.39, 0.29) is 0 Å². The molecule has 18 heavy (non-hydrogen) atoms. The molecule has 3 N–H and O–H groups in total. The van der Waals surface area contributed by atoms with Crippen molar-refractivity contribution in [2.75, 3.05) is 29.9 Å². The van der Waals surface area contributed by atoms with Crippen molar-refractivity contribution in [3.8, 4) is 0 Å². The van der Waals surface area contributed by atoms with Gasteiger partial charge in [0, 0.05) is 25.2 Å². The molecule has 0 saturated carbocycles. The van der Waals surface area contributed by atoms with Crippen LogP contribution in [-0.2, 0) is 0 Å². The van der Waals surface area contributed by atoms with Gasteiger partial charge in [-0.05, 0) is 39.2 Å². The molecule has 1 atom stereocenters. The fourth-order valence-electron chi connectivity index (χ4n) is 2.36. The van der Waals surface area contributed by atoms with Crippen molar-refractivity contribution in [1.29, 1.82) is 0 Å². The second-order valence-electron chi connectivity index (χ2n) is 5.25. The molecule has 0 spiro atoms. The molecule has 0 aliphatic carbocycles. The molecule has 2 heterocycles. The Balaban J connectivity index is 2.07. The lowest BCUT2D eigenvalue weighted by atomic mass is 9.98. The van der Waals surface area contributed by atoms with E-state index in [0.29, 0.717) is 12.0 Å². The largest absolute Gasteiger partial charge is 0.368 e. The van der Waals surface area contributed by atoms with E-state index in [1.54, 1.807) is 6.33 Å². The third-order valence-electron chi connectivity index (χ3n) is 3.27. The third kappa shape index (κ3) is 3.32. The quantitative estimate of drug-likeness (QED) is 0.846. The summed E-state index contributed by atoms with van der Waals surface area (Å²) in [5.41, 5.74) is 5.77. The number of piperidine rings is 1. The van der Waals surface area contributed by atoms with E-state index in [4.69, 9.17) is 5.73 Å². The molecular formula is C13H23N5. The van der Waals surface area contributed by atoms with Crippen LogP contribution in [0.4, 0.5) is 11.6 Å². The van der Waals surface area contributed by atoms with Gasteiger partial charge in [0.25, 0.3) is 0 Å². The molecule has 1 aromatic heterocycles. The molecule has 0 bridgehead atoms. The highest BCUT2D eigenvalue weighted by Crippen LogP contribution is 2.22. The maximum atomic E-state index is 5.77. The Labute approximate surface area is 109 Å². The van der Waals surface area contributed by atoms with Gasteiger partial charge in [0.1, 0.15) is 18.0 Å². The van der Waals surface area contributed by atoms with Crippen molar-refractivity contribution in [2.24, 2.45) is 11.7 Å².